The molecule has 1 aliphatic heterocycles. The average molecular weight is 456 g/mol. The van der Waals surface area contributed by atoms with Gasteiger partial charge < -0.3 is 10.2 Å². The fourth-order valence-corrected chi connectivity index (χ4v) is 4.35. The molecular weight excluding hydrogens is 431 g/mol. The van der Waals surface area contributed by atoms with E-state index in [4.69, 9.17) is 0 Å². The van der Waals surface area contributed by atoms with Crippen molar-refractivity contribution >= 4 is 27.3 Å². The molecule has 0 unspecified atom stereocenters. The maximum absolute atomic E-state index is 13.0. The molecule has 1 N–H and O–H groups in total. The number of piperidine rings is 1. The smallest absolute Gasteiger partial charge is 0.371 e. The zero-order valence-electron chi connectivity index (χ0n) is 17.2. The van der Waals surface area contributed by atoms with E-state index < -0.39 is 27.7 Å². The van der Waals surface area contributed by atoms with Crippen molar-refractivity contribution in [3.05, 3.63) is 53.6 Å². The molecule has 1 saturated heterocycles. The van der Waals surface area contributed by atoms with Crippen molar-refractivity contribution in [2.45, 2.75) is 30.3 Å². The molecule has 0 saturated carbocycles. The van der Waals surface area contributed by atoms with Crippen LogP contribution < -0.4 is 10.2 Å². The molecule has 1 aliphatic rings. The Bertz CT molecular complexity index is 1050. The third kappa shape index (κ3) is 5.19. The van der Waals surface area contributed by atoms with Gasteiger partial charge in [-0.1, -0.05) is 0 Å². The number of amides is 1. The van der Waals surface area contributed by atoms with Crippen LogP contribution in [0.1, 0.15) is 35.2 Å². The lowest BCUT2D eigenvalue weighted by atomic mass is 10.1. The molecule has 0 radical (unpaired) electrons. The minimum absolute atomic E-state index is 0.0316. The first-order valence-corrected chi connectivity index (χ1v) is 11.2. The van der Waals surface area contributed by atoms with Gasteiger partial charge in [0.2, 0.25) is 10.0 Å². The lowest BCUT2D eigenvalue weighted by Gasteiger charge is -2.30. The lowest BCUT2D eigenvalue weighted by molar-refractivity contribution is -0.137. The molecule has 2 aromatic carbocycles. The molecule has 31 heavy (non-hydrogen) atoms. The largest absolute Gasteiger partial charge is 0.416 e. The normalized spacial score (nSPS) is 15.2. The number of benzene rings is 2. The van der Waals surface area contributed by atoms with Gasteiger partial charge in [0.1, 0.15) is 0 Å². The minimum Gasteiger partial charge on any atom is -0.371 e. The first kappa shape index (κ1) is 23.1. The van der Waals surface area contributed by atoms with Crippen molar-refractivity contribution < 1.29 is 26.4 Å². The van der Waals surface area contributed by atoms with Crippen molar-refractivity contribution in [3.63, 3.8) is 0 Å². The van der Waals surface area contributed by atoms with Gasteiger partial charge in [-0.25, -0.2) is 12.7 Å². The number of carbonyl (C=O) groups excluding carboxylic acids is 1. The van der Waals surface area contributed by atoms with Crippen LogP contribution in [0.2, 0.25) is 0 Å². The third-order valence-electron chi connectivity index (χ3n) is 5.16. The summed E-state index contributed by atoms with van der Waals surface area (Å²) < 4.78 is 64.5. The Morgan fingerprint density at radius 1 is 1.00 bits per heavy atom. The van der Waals surface area contributed by atoms with Gasteiger partial charge in [-0.05, 0) is 61.7 Å². The zero-order valence-corrected chi connectivity index (χ0v) is 18.1. The average Bonchev–Trinajstić information content (AvgIpc) is 2.73. The molecular formula is C21H24F3N3O3S. The van der Waals surface area contributed by atoms with Crippen molar-refractivity contribution in [1.82, 2.24) is 4.31 Å². The van der Waals surface area contributed by atoms with Crippen LogP contribution in [0.5, 0.6) is 0 Å². The van der Waals surface area contributed by atoms with Crippen molar-refractivity contribution in [3.8, 4) is 0 Å². The quantitative estimate of drug-likeness (QED) is 0.734. The van der Waals surface area contributed by atoms with Gasteiger partial charge in [-0.3, -0.25) is 4.79 Å². The molecule has 1 heterocycles. The Kier molecular flexibility index (Phi) is 6.61. The van der Waals surface area contributed by atoms with E-state index in [2.05, 4.69) is 5.32 Å². The summed E-state index contributed by atoms with van der Waals surface area (Å²) in [6.45, 7) is 1.47. The SMILES string of the molecule is CN(C)S(=O)(=O)c1ccc(N2CCCCC2)c(C(=O)Nc2ccc(C(F)(F)F)cc2)c1. The van der Waals surface area contributed by atoms with E-state index in [1.165, 1.54) is 38.4 Å². The Labute approximate surface area is 179 Å². The summed E-state index contributed by atoms with van der Waals surface area (Å²) in [4.78, 5) is 15.0. The van der Waals surface area contributed by atoms with Crippen LogP contribution in [-0.4, -0.2) is 45.8 Å². The first-order valence-electron chi connectivity index (χ1n) is 9.80. The molecule has 1 fully saturated rings. The maximum atomic E-state index is 13.0. The maximum Gasteiger partial charge on any atom is 0.416 e. The molecule has 10 heteroatoms. The molecule has 0 atom stereocenters. The number of carbonyl (C=O) groups is 1. The van der Waals surface area contributed by atoms with E-state index >= 15 is 0 Å². The second-order valence-electron chi connectivity index (χ2n) is 7.54. The van der Waals surface area contributed by atoms with Crippen LogP contribution in [-0.2, 0) is 16.2 Å². The van der Waals surface area contributed by atoms with Gasteiger partial charge in [-0.2, -0.15) is 13.2 Å². The summed E-state index contributed by atoms with van der Waals surface area (Å²) in [5.74, 6) is -0.587. The van der Waals surface area contributed by atoms with E-state index in [0.29, 0.717) is 5.69 Å². The van der Waals surface area contributed by atoms with Gasteiger partial charge in [-0.15, -0.1) is 0 Å². The van der Waals surface area contributed by atoms with E-state index in [0.717, 1.165) is 48.8 Å². The Balaban J connectivity index is 1.96. The topological polar surface area (TPSA) is 69.7 Å². The van der Waals surface area contributed by atoms with Crippen LogP contribution >= 0.6 is 0 Å². The molecule has 1 amide bonds. The van der Waals surface area contributed by atoms with Gasteiger partial charge in [0.05, 0.1) is 16.0 Å². The minimum atomic E-state index is -4.47. The summed E-state index contributed by atoms with van der Waals surface area (Å²) in [7, 11) is -0.968. The fourth-order valence-electron chi connectivity index (χ4n) is 3.42. The molecule has 3 rings (SSSR count). The van der Waals surface area contributed by atoms with Gasteiger partial charge >= 0.3 is 6.18 Å². The predicted octanol–water partition coefficient (Wildman–Crippen LogP) is 4.20. The standard InChI is InChI=1S/C21H24F3N3O3S/c1-26(2)31(29,30)17-10-11-19(27-12-4-3-5-13-27)18(14-17)20(28)25-16-8-6-15(7-9-16)21(22,23)24/h6-11,14H,3-5,12-13H2,1-2H3,(H,25,28). The van der Waals surface area contributed by atoms with Crippen LogP contribution in [0.4, 0.5) is 24.5 Å². The van der Waals surface area contributed by atoms with E-state index in [1.807, 2.05) is 4.90 Å². The van der Waals surface area contributed by atoms with Crippen LogP contribution in [0, 0.1) is 0 Å². The number of hydrogen-bond donors (Lipinski definition) is 1. The van der Waals surface area contributed by atoms with Crippen LogP contribution in [0.25, 0.3) is 0 Å². The zero-order chi connectivity index (χ0) is 22.8. The molecule has 168 valence electrons. The van der Waals surface area contributed by atoms with Gasteiger partial charge in [0.25, 0.3) is 5.91 Å². The third-order valence-corrected chi connectivity index (χ3v) is 6.97. The van der Waals surface area contributed by atoms with Crippen molar-refractivity contribution in [2.24, 2.45) is 0 Å². The highest BCUT2D eigenvalue weighted by Crippen LogP contribution is 2.31. The number of sulfonamides is 1. The highest BCUT2D eigenvalue weighted by atomic mass is 32.2. The summed E-state index contributed by atoms with van der Waals surface area (Å²) >= 11 is 0. The summed E-state index contributed by atoms with van der Waals surface area (Å²) in [6, 6.07) is 8.50. The Morgan fingerprint density at radius 2 is 1.61 bits per heavy atom. The number of alkyl halides is 3. The molecule has 0 spiro atoms. The van der Waals surface area contributed by atoms with Gasteiger partial charge in [0, 0.05) is 38.6 Å². The lowest BCUT2D eigenvalue weighted by Crippen LogP contribution is -2.32. The summed E-state index contributed by atoms with van der Waals surface area (Å²) in [5, 5.41) is 2.58. The fraction of sp³-hybridized carbons (Fsp3) is 0.381. The van der Waals surface area contributed by atoms with E-state index in [9.17, 15) is 26.4 Å². The summed E-state index contributed by atoms with van der Waals surface area (Å²) in [5.41, 5.74) is 0.119. The van der Waals surface area contributed by atoms with Crippen LogP contribution in [0.3, 0.4) is 0 Å². The van der Waals surface area contributed by atoms with E-state index in [1.54, 1.807) is 6.07 Å². The number of nitrogens with zero attached hydrogens (tertiary/aromatic N) is 2. The highest BCUT2D eigenvalue weighted by Gasteiger charge is 2.30. The van der Waals surface area contributed by atoms with Crippen LogP contribution in [0.15, 0.2) is 47.4 Å². The number of halogens is 3. The number of rotatable bonds is 5. The number of anilines is 2. The molecule has 2 aromatic rings. The Hall–Kier alpha value is -2.59. The molecule has 0 aliphatic carbocycles. The number of nitrogens with one attached hydrogen (secondary N) is 1. The number of hydrogen-bond acceptors (Lipinski definition) is 4. The van der Waals surface area contributed by atoms with Crippen molar-refractivity contribution in [2.75, 3.05) is 37.4 Å². The molecule has 0 bridgehead atoms. The van der Waals surface area contributed by atoms with E-state index in [-0.39, 0.29) is 16.1 Å². The highest BCUT2D eigenvalue weighted by molar-refractivity contribution is 7.89. The van der Waals surface area contributed by atoms with Crippen molar-refractivity contribution in [1.29, 1.82) is 0 Å². The first-order chi connectivity index (χ1) is 14.5. The summed E-state index contributed by atoms with van der Waals surface area (Å²) in [6.07, 6.45) is -1.48. The molecule has 0 aromatic heterocycles. The second-order valence-corrected chi connectivity index (χ2v) is 9.70. The predicted molar refractivity (Wildman–Crippen MR) is 113 cm³/mol. The second kappa shape index (κ2) is 8.88. The monoisotopic (exact) mass is 455 g/mol. The molecule has 6 nitrogen and oxygen atoms in total. The van der Waals surface area contributed by atoms with Gasteiger partial charge in [0.15, 0.2) is 0 Å². The Morgan fingerprint density at radius 3 is 2.16 bits per heavy atom.